The van der Waals surface area contributed by atoms with E-state index in [1.54, 1.807) is 18.2 Å². The normalized spacial score (nSPS) is 10.0. The molecule has 0 saturated carbocycles. The molecule has 0 aromatic heterocycles. The molecule has 19 heavy (non-hydrogen) atoms. The van der Waals surface area contributed by atoms with Crippen LogP contribution in [0.5, 0.6) is 0 Å². The Morgan fingerprint density at radius 3 is 2.21 bits per heavy atom. The fourth-order valence-corrected chi connectivity index (χ4v) is 1.67. The van der Waals surface area contributed by atoms with Gasteiger partial charge in [-0.1, -0.05) is 12.1 Å². The molecule has 0 unspecified atom stereocenters. The largest absolute Gasteiger partial charge is 0.465 e. The van der Waals surface area contributed by atoms with E-state index in [1.165, 1.54) is 37.4 Å². The Morgan fingerprint density at radius 2 is 1.58 bits per heavy atom. The minimum Gasteiger partial charge on any atom is -0.465 e. The first-order valence-corrected chi connectivity index (χ1v) is 5.60. The van der Waals surface area contributed by atoms with E-state index in [2.05, 4.69) is 4.74 Å². The fourth-order valence-electron chi connectivity index (χ4n) is 1.67. The van der Waals surface area contributed by atoms with E-state index in [4.69, 9.17) is 0 Å². The molecule has 0 heterocycles. The third-order valence-electron chi connectivity index (χ3n) is 2.65. The van der Waals surface area contributed by atoms with Gasteiger partial charge in [0.15, 0.2) is 5.78 Å². The molecular formula is C15H11FO3. The number of halogens is 1. The molecule has 3 nitrogen and oxygen atoms in total. The maximum atomic E-state index is 12.8. The highest BCUT2D eigenvalue weighted by Gasteiger charge is 2.12. The molecule has 0 bridgehead atoms. The van der Waals surface area contributed by atoms with Crippen LogP contribution < -0.4 is 0 Å². The highest BCUT2D eigenvalue weighted by Crippen LogP contribution is 2.13. The van der Waals surface area contributed by atoms with Gasteiger partial charge >= 0.3 is 5.97 Å². The number of rotatable bonds is 3. The molecule has 2 rings (SSSR count). The number of benzene rings is 2. The monoisotopic (exact) mass is 258 g/mol. The molecule has 0 N–H and O–H groups in total. The van der Waals surface area contributed by atoms with Gasteiger partial charge in [0.1, 0.15) is 5.82 Å². The zero-order chi connectivity index (χ0) is 13.8. The van der Waals surface area contributed by atoms with Crippen LogP contribution in [0.15, 0.2) is 48.5 Å². The van der Waals surface area contributed by atoms with Gasteiger partial charge < -0.3 is 4.74 Å². The summed E-state index contributed by atoms with van der Waals surface area (Å²) in [6.07, 6.45) is 0. The highest BCUT2D eigenvalue weighted by molar-refractivity contribution is 6.09. The predicted molar refractivity (Wildman–Crippen MR) is 67.6 cm³/mol. The van der Waals surface area contributed by atoms with Crippen LogP contribution in [-0.4, -0.2) is 18.9 Å². The van der Waals surface area contributed by atoms with Crippen LogP contribution in [0.3, 0.4) is 0 Å². The molecule has 2 aromatic carbocycles. The Labute approximate surface area is 109 Å². The molecule has 2 aromatic rings. The molecule has 0 radical (unpaired) electrons. The van der Waals surface area contributed by atoms with Crippen molar-refractivity contribution in [2.75, 3.05) is 7.11 Å². The summed E-state index contributed by atoms with van der Waals surface area (Å²) >= 11 is 0. The van der Waals surface area contributed by atoms with Gasteiger partial charge in [-0.25, -0.2) is 9.18 Å². The maximum Gasteiger partial charge on any atom is 0.337 e. The second kappa shape index (κ2) is 5.44. The third-order valence-corrected chi connectivity index (χ3v) is 2.65. The lowest BCUT2D eigenvalue weighted by atomic mass is 10.0. The van der Waals surface area contributed by atoms with Crippen LogP contribution >= 0.6 is 0 Å². The van der Waals surface area contributed by atoms with Crippen molar-refractivity contribution in [1.82, 2.24) is 0 Å². The van der Waals surface area contributed by atoms with Gasteiger partial charge in [-0.05, 0) is 36.4 Å². The van der Waals surface area contributed by atoms with Crippen molar-refractivity contribution >= 4 is 11.8 Å². The number of ketones is 1. The van der Waals surface area contributed by atoms with Crippen molar-refractivity contribution in [3.63, 3.8) is 0 Å². The quantitative estimate of drug-likeness (QED) is 0.628. The standard InChI is InChI=1S/C15H11FO3/c1-19-15(18)12-4-2-3-11(9-12)14(17)10-5-7-13(16)8-6-10/h2-9H,1H3. The van der Waals surface area contributed by atoms with E-state index in [-0.39, 0.29) is 5.78 Å². The number of carbonyl (C=O) groups is 2. The van der Waals surface area contributed by atoms with Crippen LogP contribution in [0, 0.1) is 5.82 Å². The van der Waals surface area contributed by atoms with E-state index in [9.17, 15) is 14.0 Å². The third kappa shape index (κ3) is 2.85. The van der Waals surface area contributed by atoms with Gasteiger partial charge in [-0.3, -0.25) is 4.79 Å². The molecule has 0 spiro atoms. The van der Waals surface area contributed by atoms with E-state index >= 15 is 0 Å². The lowest BCUT2D eigenvalue weighted by molar-refractivity contribution is 0.0600. The minimum atomic E-state index is -0.506. The minimum absolute atomic E-state index is 0.272. The summed E-state index contributed by atoms with van der Waals surface area (Å²) in [6.45, 7) is 0. The number of hydrogen-bond donors (Lipinski definition) is 0. The number of hydrogen-bond acceptors (Lipinski definition) is 3. The first kappa shape index (κ1) is 13.0. The van der Waals surface area contributed by atoms with Gasteiger partial charge in [0.25, 0.3) is 0 Å². The molecule has 4 heteroatoms. The number of carbonyl (C=O) groups excluding carboxylic acids is 2. The number of methoxy groups -OCH3 is 1. The van der Waals surface area contributed by atoms with Crippen LogP contribution in [0.1, 0.15) is 26.3 Å². The average molecular weight is 258 g/mol. The Bertz CT molecular complexity index is 618. The van der Waals surface area contributed by atoms with Crippen molar-refractivity contribution in [2.24, 2.45) is 0 Å². The molecule has 0 amide bonds. The number of esters is 1. The predicted octanol–water partition coefficient (Wildman–Crippen LogP) is 2.84. The summed E-state index contributed by atoms with van der Waals surface area (Å²) in [4.78, 5) is 23.5. The molecule has 0 aliphatic rings. The summed E-state index contributed by atoms with van der Waals surface area (Å²) in [7, 11) is 1.27. The molecule has 0 aliphatic carbocycles. The van der Waals surface area contributed by atoms with Gasteiger partial charge in [0, 0.05) is 11.1 Å². The fraction of sp³-hybridized carbons (Fsp3) is 0.0667. The smallest absolute Gasteiger partial charge is 0.337 e. The van der Waals surface area contributed by atoms with Gasteiger partial charge in [0.05, 0.1) is 12.7 Å². The summed E-state index contributed by atoms with van der Waals surface area (Å²) in [5.41, 5.74) is 1.02. The summed E-state index contributed by atoms with van der Waals surface area (Å²) in [6, 6.07) is 11.5. The topological polar surface area (TPSA) is 43.4 Å². The Hall–Kier alpha value is -2.49. The summed E-state index contributed by atoms with van der Waals surface area (Å²) in [5.74, 6) is -1.18. The average Bonchev–Trinajstić information content (AvgIpc) is 2.46. The lowest BCUT2D eigenvalue weighted by Gasteiger charge is -2.03. The first-order chi connectivity index (χ1) is 9.11. The zero-order valence-corrected chi connectivity index (χ0v) is 10.2. The Balaban J connectivity index is 2.34. The maximum absolute atomic E-state index is 12.8. The van der Waals surface area contributed by atoms with Crippen LogP contribution in [0.4, 0.5) is 4.39 Å². The van der Waals surface area contributed by atoms with Gasteiger partial charge in [-0.15, -0.1) is 0 Å². The van der Waals surface area contributed by atoms with Gasteiger partial charge in [-0.2, -0.15) is 0 Å². The lowest BCUT2D eigenvalue weighted by Crippen LogP contribution is -2.05. The van der Waals surface area contributed by atoms with Crippen LogP contribution in [0.25, 0.3) is 0 Å². The molecular weight excluding hydrogens is 247 g/mol. The van der Waals surface area contributed by atoms with E-state index < -0.39 is 11.8 Å². The van der Waals surface area contributed by atoms with Crippen LogP contribution in [-0.2, 0) is 4.74 Å². The summed E-state index contributed by atoms with van der Waals surface area (Å²) in [5, 5.41) is 0. The van der Waals surface area contributed by atoms with Crippen molar-refractivity contribution in [3.05, 3.63) is 71.0 Å². The van der Waals surface area contributed by atoms with Crippen molar-refractivity contribution in [2.45, 2.75) is 0 Å². The molecule has 0 atom stereocenters. The Morgan fingerprint density at radius 1 is 0.947 bits per heavy atom. The molecule has 0 saturated heterocycles. The molecule has 96 valence electrons. The van der Waals surface area contributed by atoms with E-state index in [0.29, 0.717) is 16.7 Å². The zero-order valence-electron chi connectivity index (χ0n) is 10.2. The first-order valence-electron chi connectivity index (χ1n) is 5.60. The highest BCUT2D eigenvalue weighted by atomic mass is 19.1. The second-order valence-corrected chi connectivity index (χ2v) is 3.91. The van der Waals surface area contributed by atoms with Gasteiger partial charge in [0.2, 0.25) is 0 Å². The van der Waals surface area contributed by atoms with E-state index in [0.717, 1.165) is 0 Å². The summed E-state index contributed by atoms with van der Waals surface area (Å²) < 4.78 is 17.4. The second-order valence-electron chi connectivity index (χ2n) is 3.91. The Kier molecular flexibility index (Phi) is 3.71. The van der Waals surface area contributed by atoms with E-state index in [1.807, 2.05) is 0 Å². The van der Waals surface area contributed by atoms with Crippen LogP contribution in [0.2, 0.25) is 0 Å². The SMILES string of the molecule is COC(=O)c1cccc(C(=O)c2ccc(F)cc2)c1. The van der Waals surface area contributed by atoms with Crippen molar-refractivity contribution in [1.29, 1.82) is 0 Å². The van der Waals surface area contributed by atoms with Crippen molar-refractivity contribution < 1.29 is 18.7 Å². The molecule has 0 aliphatic heterocycles. The molecule has 0 fully saturated rings. The van der Waals surface area contributed by atoms with Crippen molar-refractivity contribution in [3.8, 4) is 0 Å². The number of ether oxygens (including phenoxy) is 1.